The monoisotopic (exact) mass is 249 g/mol. The first-order chi connectivity index (χ1) is 8.24. The molecule has 0 radical (unpaired) electrons. The fourth-order valence-corrected chi connectivity index (χ4v) is 1.82. The van der Waals surface area contributed by atoms with Crippen LogP contribution in [0.2, 0.25) is 5.15 Å². The van der Waals surface area contributed by atoms with E-state index in [0.29, 0.717) is 17.4 Å². The van der Waals surface area contributed by atoms with Crippen molar-refractivity contribution in [2.75, 3.05) is 7.11 Å². The molecule has 17 heavy (non-hydrogen) atoms. The van der Waals surface area contributed by atoms with Crippen LogP contribution in [0.5, 0.6) is 5.75 Å². The van der Waals surface area contributed by atoms with E-state index in [9.17, 15) is 0 Å². The molecule has 0 aliphatic rings. The Hall–Kier alpha value is -1.65. The van der Waals surface area contributed by atoms with Crippen molar-refractivity contribution in [2.45, 2.75) is 6.54 Å². The van der Waals surface area contributed by atoms with Gasteiger partial charge in [0.15, 0.2) is 0 Å². The Morgan fingerprint density at radius 1 is 1.41 bits per heavy atom. The third-order valence-electron chi connectivity index (χ3n) is 2.37. The van der Waals surface area contributed by atoms with E-state index in [1.54, 1.807) is 25.6 Å². The van der Waals surface area contributed by atoms with E-state index in [-0.39, 0.29) is 0 Å². The summed E-state index contributed by atoms with van der Waals surface area (Å²) < 4.78 is 5.26. The van der Waals surface area contributed by atoms with E-state index in [0.717, 1.165) is 16.8 Å². The summed E-state index contributed by atoms with van der Waals surface area (Å²) in [5, 5.41) is 0.418. The fraction of sp³-hybridized carbons (Fsp3) is 0.167. The number of halogens is 1. The van der Waals surface area contributed by atoms with E-state index >= 15 is 0 Å². The lowest BCUT2D eigenvalue weighted by Gasteiger charge is -2.09. The van der Waals surface area contributed by atoms with Gasteiger partial charge in [0, 0.05) is 18.3 Å². The second kappa shape index (κ2) is 5.12. The van der Waals surface area contributed by atoms with E-state index in [1.165, 1.54) is 0 Å². The number of nitrogens with two attached hydrogens (primary N) is 1. The normalized spacial score (nSPS) is 10.3. The standard InChI is InChI=1S/C12H12ClN3O/c1-17-11-7-15-3-2-10(11)8-4-9(6-14)16-12(13)5-8/h2-5,7H,6,14H2,1H3. The second-order valence-electron chi connectivity index (χ2n) is 3.45. The van der Waals surface area contributed by atoms with Crippen LogP contribution < -0.4 is 10.5 Å². The van der Waals surface area contributed by atoms with E-state index in [1.807, 2.05) is 12.1 Å². The van der Waals surface area contributed by atoms with Crippen molar-refractivity contribution in [3.8, 4) is 16.9 Å². The van der Waals surface area contributed by atoms with Crippen LogP contribution in [-0.2, 0) is 6.54 Å². The number of methoxy groups -OCH3 is 1. The quantitative estimate of drug-likeness (QED) is 0.848. The predicted octanol–water partition coefficient (Wildman–Crippen LogP) is 2.26. The molecule has 88 valence electrons. The highest BCUT2D eigenvalue weighted by molar-refractivity contribution is 6.29. The van der Waals surface area contributed by atoms with Crippen LogP contribution in [0.1, 0.15) is 5.69 Å². The maximum atomic E-state index is 5.95. The van der Waals surface area contributed by atoms with E-state index in [4.69, 9.17) is 22.1 Å². The Kier molecular flexibility index (Phi) is 3.56. The minimum absolute atomic E-state index is 0.348. The van der Waals surface area contributed by atoms with Gasteiger partial charge in [0.05, 0.1) is 19.0 Å². The third kappa shape index (κ3) is 2.54. The molecule has 0 fully saturated rings. The maximum Gasteiger partial charge on any atom is 0.144 e. The number of rotatable bonds is 3. The molecule has 0 saturated carbocycles. The molecule has 2 aromatic rings. The first kappa shape index (κ1) is 11.8. The first-order valence-electron chi connectivity index (χ1n) is 5.09. The number of aromatic nitrogens is 2. The summed E-state index contributed by atoms with van der Waals surface area (Å²) in [6.07, 6.45) is 3.36. The SMILES string of the molecule is COc1cnccc1-c1cc(Cl)nc(CN)c1. The molecule has 2 aromatic heterocycles. The predicted molar refractivity (Wildman–Crippen MR) is 66.9 cm³/mol. The van der Waals surface area contributed by atoms with Gasteiger partial charge in [0.1, 0.15) is 10.9 Å². The smallest absolute Gasteiger partial charge is 0.144 e. The molecule has 2 N–H and O–H groups in total. The lowest BCUT2D eigenvalue weighted by atomic mass is 10.1. The molecule has 0 atom stereocenters. The molecule has 0 aliphatic heterocycles. The summed E-state index contributed by atoms with van der Waals surface area (Å²) >= 11 is 5.95. The number of nitrogens with zero attached hydrogens (tertiary/aromatic N) is 2. The van der Waals surface area contributed by atoms with Gasteiger partial charge in [-0.1, -0.05) is 11.6 Å². The molecule has 0 aliphatic carbocycles. The average molecular weight is 250 g/mol. The number of hydrogen-bond donors (Lipinski definition) is 1. The van der Waals surface area contributed by atoms with Crippen LogP contribution in [0.3, 0.4) is 0 Å². The van der Waals surface area contributed by atoms with Gasteiger partial charge in [-0.25, -0.2) is 4.98 Å². The van der Waals surface area contributed by atoms with Crippen LogP contribution in [0.25, 0.3) is 11.1 Å². The Bertz CT molecular complexity index is 531. The van der Waals surface area contributed by atoms with Crippen LogP contribution in [-0.4, -0.2) is 17.1 Å². The molecule has 5 heteroatoms. The Morgan fingerprint density at radius 2 is 2.24 bits per heavy atom. The van der Waals surface area contributed by atoms with Crippen molar-refractivity contribution in [1.82, 2.24) is 9.97 Å². The Labute approximate surface area is 104 Å². The van der Waals surface area contributed by atoms with Crippen molar-refractivity contribution < 1.29 is 4.74 Å². The number of hydrogen-bond acceptors (Lipinski definition) is 4. The Morgan fingerprint density at radius 3 is 2.94 bits per heavy atom. The van der Waals surface area contributed by atoms with Crippen molar-refractivity contribution in [1.29, 1.82) is 0 Å². The summed E-state index contributed by atoms with van der Waals surface area (Å²) in [6.45, 7) is 0.348. The van der Waals surface area contributed by atoms with Crippen molar-refractivity contribution in [3.05, 3.63) is 41.4 Å². The molecule has 2 rings (SSSR count). The average Bonchev–Trinajstić information content (AvgIpc) is 2.37. The molecule has 2 heterocycles. The number of pyridine rings is 2. The van der Waals surface area contributed by atoms with Gasteiger partial charge in [-0.3, -0.25) is 4.98 Å². The summed E-state index contributed by atoms with van der Waals surface area (Å²) in [4.78, 5) is 8.13. The topological polar surface area (TPSA) is 61.0 Å². The molecule has 0 bridgehead atoms. The van der Waals surface area contributed by atoms with Gasteiger partial charge in [0.25, 0.3) is 0 Å². The molecule has 0 spiro atoms. The molecular formula is C12H12ClN3O. The Balaban J connectivity index is 2.55. The highest BCUT2D eigenvalue weighted by Gasteiger charge is 2.08. The zero-order valence-corrected chi connectivity index (χ0v) is 10.1. The maximum absolute atomic E-state index is 5.95. The molecule has 0 unspecified atom stereocenters. The largest absolute Gasteiger partial charge is 0.494 e. The van der Waals surface area contributed by atoms with Crippen LogP contribution in [0, 0.1) is 0 Å². The van der Waals surface area contributed by atoms with Gasteiger partial charge in [-0.05, 0) is 23.8 Å². The molecule has 0 saturated heterocycles. The summed E-state index contributed by atoms with van der Waals surface area (Å²) in [5.74, 6) is 0.692. The van der Waals surface area contributed by atoms with Gasteiger partial charge in [-0.2, -0.15) is 0 Å². The molecule has 4 nitrogen and oxygen atoms in total. The van der Waals surface area contributed by atoms with E-state index in [2.05, 4.69) is 9.97 Å². The van der Waals surface area contributed by atoms with E-state index < -0.39 is 0 Å². The van der Waals surface area contributed by atoms with Gasteiger partial charge in [0.2, 0.25) is 0 Å². The number of ether oxygens (including phenoxy) is 1. The lowest BCUT2D eigenvalue weighted by Crippen LogP contribution is -2.00. The van der Waals surface area contributed by atoms with Gasteiger partial charge >= 0.3 is 0 Å². The summed E-state index contributed by atoms with van der Waals surface area (Å²) in [7, 11) is 1.60. The van der Waals surface area contributed by atoms with Gasteiger partial charge < -0.3 is 10.5 Å². The van der Waals surface area contributed by atoms with Crippen LogP contribution in [0.15, 0.2) is 30.6 Å². The molecule has 0 amide bonds. The van der Waals surface area contributed by atoms with Crippen LogP contribution >= 0.6 is 11.6 Å². The lowest BCUT2D eigenvalue weighted by molar-refractivity contribution is 0.414. The van der Waals surface area contributed by atoms with Crippen LogP contribution in [0.4, 0.5) is 0 Å². The minimum atomic E-state index is 0.348. The van der Waals surface area contributed by atoms with Crippen molar-refractivity contribution >= 4 is 11.6 Å². The first-order valence-corrected chi connectivity index (χ1v) is 5.47. The third-order valence-corrected chi connectivity index (χ3v) is 2.57. The minimum Gasteiger partial charge on any atom is -0.494 e. The summed E-state index contributed by atoms with van der Waals surface area (Å²) in [6, 6.07) is 5.53. The van der Waals surface area contributed by atoms with Crippen molar-refractivity contribution in [2.24, 2.45) is 5.73 Å². The van der Waals surface area contributed by atoms with Crippen molar-refractivity contribution in [3.63, 3.8) is 0 Å². The zero-order chi connectivity index (χ0) is 12.3. The zero-order valence-electron chi connectivity index (χ0n) is 9.35. The highest BCUT2D eigenvalue weighted by atomic mass is 35.5. The fourth-order valence-electron chi connectivity index (χ4n) is 1.59. The molecule has 0 aromatic carbocycles. The summed E-state index contributed by atoms with van der Waals surface area (Å²) in [5.41, 5.74) is 8.15. The highest BCUT2D eigenvalue weighted by Crippen LogP contribution is 2.30. The van der Waals surface area contributed by atoms with Gasteiger partial charge in [-0.15, -0.1) is 0 Å². The second-order valence-corrected chi connectivity index (χ2v) is 3.84. The molecular weight excluding hydrogens is 238 g/mol.